The molecule has 0 spiro atoms. The van der Waals surface area contributed by atoms with Crippen LogP contribution in [0.5, 0.6) is 0 Å². The Hall–Kier alpha value is -0.560. The molecule has 1 heterocycles. The van der Waals surface area contributed by atoms with Gasteiger partial charge >= 0.3 is 6.09 Å². The molecule has 2 N–H and O–H groups in total. The minimum absolute atomic E-state index is 0.343. The first-order chi connectivity index (χ1) is 5.59. The van der Waals surface area contributed by atoms with Crippen LogP contribution in [0.4, 0.5) is 10.5 Å². The van der Waals surface area contributed by atoms with Crippen molar-refractivity contribution in [2.24, 2.45) is 0 Å². The van der Waals surface area contributed by atoms with Crippen LogP contribution in [0.25, 0.3) is 0 Å². The van der Waals surface area contributed by atoms with Crippen LogP contribution in [0, 0.1) is 3.57 Å². The average molecular weight is 298 g/mol. The predicted octanol–water partition coefficient (Wildman–Crippen LogP) is 2.43. The van der Waals surface area contributed by atoms with Crippen molar-refractivity contribution < 1.29 is 9.90 Å². The number of rotatable bonds is 1. The number of hydrogen-bond acceptors (Lipinski definition) is 2. The lowest BCUT2D eigenvalue weighted by Gasteiger charge is -2.02. The Morgan fingerprint density at radius 2 is 2.42 bits per heavy atom. The summed E-state index contributed by atoms with van der Waals surface area (Å²) in [5.74, 6) is 0. The summed E-state index contributed by atoms with van der Waals surface area (Å²) in [5, 5.41) is 10.9. The highest BCUT2D eigenvalue weighted by Gasteiger charge is 2.03. The summed E-state index contributed by atoms with van der Waals surface area (Å²) in [4.78, 5) is 14.0. The van der Waals surface area contributed by atoms with Crippen LogP contribution in [0.3, 0.4) is 0 Å². The van der Waals surface area contributed by atoms with Crippen LogP contribution in [-0.4, -0.2) is 16.2 Å². The molecular weight excluding hydrogens is 294 g/mol. The Bertz CT molecular complexity index is 318. The number of carboxylic acid groups (broad SMARTS) is 1. The maximum atomic E-state index is 10.2. The van der Waals surface area contributed by atoms with E-state index in [0.29, 0.717) is 10.8 Å². The summed E-state index contributed by atoms with van der Waals surface area (Å²) in [5.41, 5.74) is 0.438. The summed E-state index contributed by atoms with van der Waals surface area (Å²) < 4.78 is 0.718. The van der Waals surface area contributed by atoms with E-state index in [9.17, 15) is 4.79 Å². The van der Waals surface area contributed by atoms with Crippen molar-refractivity contribution in [1.82, 2.24) is 4.98 Å². The van der Waals surface area contributed by atoms with E-state index in [0.717, 1.165) is 3.57 Å². The smallest absolute Gasteiger partial charge is 0.409 e. The van der Waals surface area contributed by atoms with Crippen molar-refractivity contribution >= 4 is 46.0 Å². The molecule has 0 unspecified atom stereocenters. The number of pyridine rings is 1. The zero-order valence-electron chi connectivity index (χ0n) is 5.71. The standard InChI is InChI=1S/C6H4ClIN2O2/c7-5-1-3(8)4(2-9-5)10-6(11)12/h1-2,10H,(H,11,12). The highest BCUT2D eigenvalue weighted by molar-refractivity contribution is 14.1. The van der Waals surface area contributed by atoms with Crippen LogP contribution in [0.15, 0.2) is 12.3 Å². The molecular formula is C6H4ClIN2O2. The van der Waals surface area contributed by atoms with Crippen LogP contribution < -0.4 is 5.32 Å². The monoisotopic (exact) mass is 298 g/mol. The number of carbonyl (C=O) groups is 1. The molecule has 1 amide bonds. The number of anilines is 1. The molecule has 0 bridgehead atoms. The van der Waals surface area contributed by atoms with Gasteiger partial charge in [0.2, 0.25) is 0 Å². The van der Waals surface area contributed by atoms with E-state index >= 15 is 0 Å². The maximum absolute atomic E-state index is 10.2. The summed E-state index contributed by atoms with van der Waals surface area (Å²) in [6.07, 6.45) is 0.259. The van der Waals surface area contributed by atoms with E-state index in [1.54, 1.807) is 6.07 Å². The van der Waals surface area contributed by atoms with Crippen molar-refractivity contribution in [1.29, 1.82) is 0 Å². The Morgan fingerprint density at radius 1 is 1.75 bits per heavy atom. The number of nitrogens with one attached hydrogen (secondary N) is 1. The lowest BCUT2D eigenvalue weighted by Crippen LogP contribution is -2.08. The third kappa shape index (κ3) is 2.49. The Morgan fingerprint density at radius 3 is 2.92 bits per heavy atom. The molecule has 4 nitrogen and oxygen atoms in total. The summed E-state index contributed by atoms with van der Waals surface area (Å²) >= 11 is 7.53. The number of nitrogens with zero attached hydrogens (tertiary/aromatic N) is 1. The van der Waals surface area contributed by atoms with Crippen molar-refractivity contribution in [3.8, 4) is 0 Å². The lowest BCUT2D eigenvalue weighted by molar-refractivity contribution is 0.209. The van der Waals surface area contributed by atoms with E-state index in [-0.39, 0.29) is 0 Å². The molecule has 0 fully saturated rings. The van der Waals surface area contributed by atoms with Gasteiger partial charge in [0.05, 0.1) is 11.9 Å². The SMILES string of the molecule is O=C(O)Nc1cnc(Cl)cc1I. The zero-order chi connectivity index (χ0) is 9.14. The molecule has 64 valence electrons. The van der Waals surface area contributed by atoms with Gasteiger partial charge < -0.3 is 5.11 Å². The molecule has 1 rings (SSSR count). The van der Waals surface area contributed by atoms with E-state index in [4.69, 9.17) is 16.7 Å². The second-order valence-electron chi connectivity index (χ2n) is 1.92. The number of amides is 1. The molecule has 0 aromatic carbocycles. The number of halogens is 2. The van der Waals surface area contributed by atoms with Gasteiger partial charge in [-0.2, -0.15) is 0 Å². The number of hydrogen-bond donors (Lipinski definition) is 2. The predicted molar refractivity (Wildman–Crippen MR) is 53.6 cm³/mol. The molecule has 12 heavy (non-hydrogen) atoms. The molecule has 0 aliphatic heterocycles. The Kier molecular flexibility index (Phi) is 3.10. The van der Waals surface area contributed by atoms with Crippen molar-refractivity contribution in [3.63, 3.8) is 0 Å². The normalized spacial score (nSPS) is 9.50. The summed E-state index contributed by atoms with van der Waals surface area (Å²) in [6.45, 7) is 0. The molecule has 0 saturated heterocycles. The molecule has 1 aromatic rings. The summed E-state index contributed by atoms with van der Waals surface area (Å²) in [7, 11) is 0. The molecule has 6 heteroatoms. The second kappa shape index (κ2) is 3.90. The van der Waals surface area contributed by atoms with Gasteiger partial charge in [0.15, 0.2) is 0 Å². The molecule has 0 saturated carbocycles. The van der Waals surface area contributed by atoms with Crippen LogP contribution in [0.1, 0.15) is 0 Å². The van der Waals surface area contributed by atoms with Gasteiger partial charge in [-0.25, -0.2) is 9.78 Å². The van der Waals surface area contributed by atoms with Gasteiger partial charge in [-0.05, 0) is 28.7 Å². The van der Waals surface area contributed by atoms with Gasteiger partial charge in [-0.3, -0.25) is 5.32 Å². The fourth-order valence-electron chi connectivity index (χ4n) is 0.615. The molecule has 0 aliphatic carbocycles. The van der Waals surface area contributed by atoms with Gasteiger partial charge in [0, 0.05) is 3.57 Å². The fourth-order valence-corrected chi connectivity index (χ4v) is 1.53. The minimum atomic E-state index is -1.11. The second-order valence-corrected chi connectivity index (χ2v) is 3.47. The van der Waals surface area contributed by atoms with Crippen molar-refractivity contribution in [3.05, 3.63) is 21.0 Å². The highest BCUT2D eigenvalue weighted by Crippen LogP contribution is 2.19. The largest absolute Gasteiger partial charge is 0.465 e. The summed E-state index contributed by atoms with van der Waals surface area (Å²) in [6, 6.07) is 1.58. The van der Waals surface area contributed by atoms with Gasteiger partial charge in [0.25, 0.3) is 0 Å². The van der Waals surface area contributed by atoms with Crippen LogP contribution in [-0.2, 0) is 0 Å². The zero-order valence-corrected chi connectivity index (χ0v) is 8.63. The Labute approximate surface area is 87.1 Å². The number of aromatic nitrogens is 1. The lowest BCUT2D eigenvalue weighted by atomic mass is 10.4. The van der Waals surface area contributed by atoms with Crippen LogP contribution in [0.2, 0.25) is 5.15 Å². The Balaban J connectivity index is 2.93. The highest BCUT2D eigenvalue weighted by atomic mass is 127. The third-order valence-electron chi connectivity index (χ3n) is 1.06. The van der Waals surface area contributed by atoms with Crippen molar-refractivity contribution in [2.45, 2.75) is 0 Å². The van der Waals surface area contributed by atoms with Crippen LogP contribution >= 0.6 is 34.2 Å². The van der Waals surface area contributed by atoms with Crippen molar-refractivity contribution in [2.75, 3.05) is 5.32 Å². The first-order valence-electron chi connectivity index (χ1n) is 2.90. The fraction of sp³-hybridized carbons (Fsp3) is 0. The topological polar surface area (TPSA) is 62.2 Å². The van der Waals surface area contributed by atoms with E-state index in [2.05, 4.69) is 10.3 Å². The van der Waals surface area contributed by atoms with E-state index < -0.39 is 6.09 Å². The maximum Gasteiger partial charge on any atom is 0.409 e. The average Bonchev–Trinajstić information content (AvgIpc) is 1.94. The first kappa shape index (κ1) is 9.53. The minimum Gasteiger partial charge on any atom is -0.465 e. The van der Waals surface area contributed by atoms with Gasteiger partial charge in [-0.15, -0.1) is 0 Å². The molecule has 0 radical (unpaired) electrons. The first-order valence-corrected chi connectivity index (χ1v) is 4.36. The van der Waals surface area contributed by atoms with Gasteiger partial charge in [-0.1, -0.05) is 11.6 Å². The molecule has 1 aromatic heterocycles. The quantitative estimate of drug-likeness (QED) is 0.618. The van der Waals surface area contributed by atoms with E-state index in [1.165, 1.54) is 6.20 Å². The van der Waals surface area contributed by atoms with Gasteiger partial charge in [0.1, 0.15) is 5.15 Å². The molecule has 0 aliphatic rings. The molecule has 0 atom stereocenters. The third-order valence-corrected chi connectivity index (χ3v) is 2.16. The van der Waals surface area contributed by atoms with E-state index in [1.807, 2.05) is 22.6 Å².